The highest BCUT2D eigenvalue weighted by Gasteiger charge is 2.17. The Morgan fingerprint density at radius 3 is 2.70 bits per heavy atom. The van der Waals surface area contributed by atoms with Gasteiger partial charge in [-0.15, -0.1) is 0 Å². The lowest BCUT2D eigenvalue weighted by molar-refractivity contribution is -0.114. The molecule has 0 aliphatic heterocycles. The van der Waals surface area contributed by atoms with Crippen molar-refractivity contribution in [1.82, 2.24) is 14.1 Å². The first-order valence-corrected chi connectivity index (χ1v) is 11.0. The van der Waals surface area contributed by atoms with Crippen molar-refractivity contribution < 1.29 is 9.59 Å². The van der Waals surface area contributed by atoms with E-state index in [1.165, 1.54) is 19.3 Å². The van der Waals surface area contributed by atoms with Gasteiger partial charge >= 0.3 is 0 Å². The fourth-order valence-electron chi connectivity index (χ4n) is 3.80. The van der Waals surface area contributed by atoms with Gasteiger partial charge in [-0.3, -0.25) is 9.59 Å². The molecule has 0 saturated heterocycles. The minimum absolute atomic E-state index is 0.0285. The Morgan fingerprint density at radius 1 is 1.07 bits per heavy atom. The highest BCUT2D eigenvalue weighted by Crippen LogP contribution is 2.22. The summed E-state index contributed by atoms with van der Waals surface area (Å²) in [6, 6.07) is 11.3. The van der Waals surface area contributed by atoms with Crippen LogP contribution in [0, 0.1) is 6.92 Å². The van der Waals surface area contributed by atoms with Crippen LogP contribution in [0.2, 0.25) is 0 Å². The Bertz CT molecular complexity index is 1060. The number of anilines is 2. The molecule has 1 aromatic heterocycles. The molecule has 0 atom stereocenters. The number of aromatic nitrogens is 2. The standard InChI is InChI=1S/C22H25N5O2S/c1-14-12-15(22(29)24-16-6-3-2-4-7-16)10-11-17(14)23-13-20(28)25-18-8-5-9-19-21(18)27-30-26-19/h5,8-12,16,23H,2-4,6-7,13H2,1H3,(H,24,29)(H,25,28). The molecule has 30 heavy (non-hydrogen) atoms. The first-order chi connectivity index (χ1) is 14.6. The van der Waals surface area contributed by atoms with E-state index < -0.39 is 0 Å². The van der Waals surface area contributed by atoms with E-state index in [-0.39, 0.29) is 24.4 Å². The molecular formula is C22H25N5O2S. The lowest BCUT2D eigenvalue weighted by Gasteiger charge is -2.23. The molecule has 4 rings (SSSR count). The summed E-state index contributed by atoms with van der Waals surface area (Å²) in [6.45, 7) is 2.04. The lowest BCUT2D eigenvalue weighted by Crippen LogP contribution is -2.36. The summed E-state index contributed by atoms with van der Waals surface area (Å²) < 4.78 is 8.41. The van der Waals surface area contributed by atoms with E-state index >= 15 is 0 Å². The molecular weight excluding hydrogens is 398 g/mol. The zero-order chi connectivity index (χ0) is 20.9. The smallest absolute Gasteiger partial charge is 0.251 e. The van der Waals surface area contributed by atoms with Gasteiger partial charge in [0.05, 0.1) is 24.0 Å². The largest absolute Gasteiger partial charge is 0.376 e. The summed E-state index contributed by atoms with van der Waals surface area (Å²) in [5.74, 6) is -0.201. The predicted molar refractivity (Wildman–Crippen MR) is 120 cm³/mol. The molecule has 0 bridgehead atoms. The number of carbonyl (C=O) groups is 2. The molecule has 8 heteroatoms. The molecule has 1 aliphatic rings. The molecule has 1 aliphatic carbocycles. The number of hydrogen-bond donors (Lipinski definition) is 3. The molecule has 2 aromatic carbocycles. The molecule has 0 unspecified atom stereocenters. The van der Waals surface area contributed by atoms with Crippen LogP contribution >= 0.6 is 11.7 Å². The minimum atomic E-state index is -0.172. The third-order valence-electron chi connectivity index (χ3n) is 5.43. The third-order valence-corrected chi connectivity index (χ3v) is 5.97. The lowest BCUT2D eigenvalue weighted by atomic mass is 9.95. The summed E-state index contributed by atoms with van der Waals surface area (Å²) in [4.78, 5) is 24.9. The minimum Gasteiger partial charge on any atom is -0.376 e. The number of carbonyl (C=O) groups excluding carboxylic acids is 2. The summed E-state index contributed by atoms with van der Waals surface area (Å²) in [6.07, 6.45) is 5.74. The number of amides is 2. The molecule has 3 N–H and O–H groups in total. The van der Waals surface area contributed by atoms with Crippen molar-refractivity contribution in [2.75, 3.05) is 17.2 Å². The highest BCUT2D eigenvalue weighted by molar-refractivity contribution is 7.00. The molecule has 1 fully saturated rings. The van der Waals surface area contributed by atoms with E-state index in [1.54, 1.807) is 6.07 Å². The summed E-state index contributed by atoms with van der Waals surface area (Å²) >= 11 is 1.12. The van der Waals surface area contributed by atoms with E-state index in [0.717, 1.165) is 41.3 Å². The molecule has 0 spiro atoms. The molecule has 3 aromatic rings. The van der Waals surface area contributed by atoms with Crippen LogP contribution in [0.1, 0.15) is 48.0 Å². The van der Waals surface area contributed by atoms with Crippen LogP contribution in [0.3, 0.4) is 0 Å². The maximum Gasteiger partial charge on any atom is 0.251 e. The average molecular weight is 424 g/mol. The Balaban J connectivity index is 1.33. The van der Waals surface area contributed by atoms with Gasteiger partial charge in [-0.05, 0) is 55.7 Å². The quantitative estimate of drug-likeness (QED) is 0.554. The van der Waals surface area contributed by atoms with Gasteiger partial charge in [0.25, 0.3) is 5.91 Å². The SMILES string of the molecule is Cc1cc(C(=O)NC2CCCCC2)ccc1NCC(=O)Nc1cccc2nsnc12. The summed E-state index contributed by atoms with van der Waals surface area (Å²) in [7, 11) is 0. The van der Waals surface area contributed by atoms with Gasteiger partial charge in [0, 0.05) is 17.3 Å². The number of rotatable bonds is 6. The number of hydrogen-bond acceptors (Lipinski definition) is 6. The van der Waals surface area contributed by atoms with Crippen molar-refractivity contribution in [3.63, 3.8) is 0 Å². The molecule has 7 nitrogen and oxygen atoms in total. The van der Waals surface area contributed by atoms with Gasteiger partial charge in [-0.25, -0.2) is 0 Å². The van der Waals surface area contributed by atoms with Gasteiger partial charge in [0.1, 0.15) is 11.0 Å². The molecule has 0 radical (unpaired) electrons. The van der Waals surface area contributed by atoms with Gasteiger partial charge in [-0.2, -0.15) is 8.75 Å². The van der Waals surface area contributed by atoms with E-state index in [4.69, 9.17) is 0 Å². The number of nitrogens with one attached hydrogen (secondary N) is 3. The third kappa shape index (κ3) is 4.76. The topological polar surface area (TPSA) is 96.0 Å². The van der Waals surface area contributed by atoms with Gasteiger partial charge in [0.2, 0.25) is 5.91 Å². The first-order valence-electron chi connectivity index (χ1n) is 10.3. The second-order valence-corrected chi connectivity index (χ2v) is 8.21. The number of fused-ring (bicyclic) bond motifs is 1. The zero-order valence-corrected chi connectivity index (χ0v) is 17.7. The number of benzene rings is 2. The molecule has 1 heterocycles. The van der Waals surface area contributed by atoms with Crippen LogP contribution in [0.15, 0.2) is 36.4 Å². The normalized spacial score (nSPS) is 14.4. The second-order valence-electron chi connectivity index (χ2n) is 7.68. The zero-order valence-electron chi connectivity index (χ0n) is 16.9. The summed E-state index contributed by atoms with van der Waals surface area (Å²) in [5.41, 5.74) is 4.51. The van der Waals surface area contributed by atoms with E-state index in [2.05, 4.69) is 24.7 Å². The monoisotopic (exact) mass is 423 g/mol. The Morgan fingerprint density at radius 2 is 1.90 bits per heavy atom. The van der Waals surface area contributed by atoms with Crippen molar-refractivity contribution in [3.8, 4) is 0 Å². The van der Waals surface area contributed by atoms with E-state index in [1.807, 2.05) is 37.3 Å². The van der Waals surface area contributed by atoms with Crippen molar-refractivity contribution in [3.05, 3.63) is 47.5 Å². The molecule has 156 valence electrons. The maximum absolute atomic E-state index is 12.5. The van der Waals surface area contributed by atoms with Crippen LogP contribution in [0.5, 0.6) is 0 Å². The Kier molecular flexibility index (Phi) is 6.23. The van der Waals surface area contributed by atoms with E-state index in [0.29, 0.717) is 16.8 Å². The van der Waals surface area contributed by atoms with E-state index in [9.17, 15) is 9.59 Å². The number of nitrogens with zero attached hydrogens (tertiary/aromatic N) is 2. The Hall–Kier alpha value is -3.00. The molecule has 2 amide bonds. The predicted octanol–water partition coefficient (Wildman–Crippen LogP) is 4.11. The van der Waals surface area contributed by atoms with Gasteiger partial charge in [0.15, 0.2) is 0 Å². The van der Waals surface area contributed by atoms with Crippen molar-refractivity contribution in [2.45, 2.75) is 45.1 Å². The average Bonchev–Trinajstić information content (AvgIpc) is 3.23. The van der Waals surface area contributed by atoms with Crippen LogP contribution in [0.4, 0.5) is 11.4 Å². The van der Waals surface area contributed by atoms with Crippen LogP contribution in [0.25, 0.3) is 11.0 Å². The van der Waals surface area contributed by atoms with Crippen molar-refractivity contribution in [1.29, 1.82) is 0 Å². The fourth-order valence-corrected chi connectivity index (χ4v) is 4.35. The van der Waals surface area contributed by atoms with Crippen LogP contribution in [-0.2, 0) is 4.79 Å². The van der Waals surface area contributed by atoms with Gasteiger partial charge < -0.3 is 16.0 Å². The maximum atomic E-state index is 12.5. The van der Waals surface area contributed by atoms with Gasteiger partial charge in [-0.1, -0.05) is 25.3 Å². The second kappa shape index (κ2) is 9.21. The first kappa shape index (κ1) is 20.3. The van der Waals surface area contributed by atoms with Crippen LogP contribution in [-0.4, -0.2) is 33.1 Å². The van der Waals surface area contributed by atoms with Crippen molar-refractivity contribution in [2.24, 2.45) is 0 Å². The highest BCUT2D eigenvalue weighted by atomic mass is 32.1. The van der Waals surface area contributed by atoms with Crippen molar-refractivity contribution >= 4 is 46.0 Å². The molecule has 1 saturated carbocycles. The van der Waals surface area contributed by atoms with Crippen LogP contribution < -0.4 is 16.0 Å². The summed E-state index contributed by atoms with van der Waals surface area (Å²) in [5, 5.41) is 9.16. The fraction of sp³-hybridized carbons (Fsp3) is 0.364. The Labute approximate surface area is 179 Å². The number of aryl methyl sites for hydroxylation is 1.